The second-order valence-electron chi connectivity index (χ2n) is 6.74. The van der Waals surface area contributed by atoms with E-state index in [1.165, 1.54) is 12.1 Å². The predicted octanol–water partition coefficient (Wildman–Crippen LogP) is 3.06. The number of benzene rings is 2. The molecular formula is C20H20BrN5O4S. The molecule has 1 aliphatic rings. The summed E-state index contributed by atoms with van der Waals surface area (Å²) in [5.41, 5.74) is 1.76. The van der Waals surface area contributed by atoms with Crippen LogP contribution in [-0.2, 0) is 16.4 Å². The Labute approximate surface area is 188 Å². The Morgan fingerprint density at radius 1 is 1.06 bits per heavy atom. The van der Waals surface area contributed by atoms with E-state index in [-0.39, 0.29) is 4.90 Å². The zero-order chi connectivity index (χ0) is 21.8. The van der Waals surface area contributed by atoms with Gasteiger partial charge in [-0.2, -0.15) is 4.98 Å². The maximum absolute atomic E-state index is 11.3. The van der Waals surface area contributed by atoms with Gasteiger partial charge >= 0.3 is 0 Å². The van der Waals surface area contributed by atoms with Gasteiger partial charge in [0.1, 0.15) is 19.0 Å². The maximum Gasteiger partial charge on any atom is 0.238 e. The topological polar surface area (TPSA) is 128 Å². The van der Waals surface area contributed by atoms with Crippen LogP contribution in [0.1, 0.15) is 5.56 Å². The van der Waals surface area contributed by atoms with Crippen molar-refractivity contribution in [3.05, 3.63) is 58.7 Å². The molecule has 0 radical (unpaired) electrons. The first-order valence-electron chi connectivity index (χ1n) is 9.43. The fourth-order valence-corrected chi connectivity index (χ4v) is 3.82. The van der Waals surface area contributed by atoms with Crippen molar-refractivity contribution in [2.45, 2.75) is 11.3 Å². The molecule has 0 saturated heterocycles. The zero-order valence-corrected chi connectivity index (χ0v) is 18.7. The molecule has 162 valence electrons. The molecule has 0 fully saturated rings. The predicted molar refractivity (Wildman–Crippen MR) is 120 cm³/mol. The monoisotopic (exact) mass is 505 g/mol. The van der Waals surface area contributed by atoms with Gasteiger partial charge in [0.25, 0.3) is 0 Å². The summed E-state index contributed by atoms with van der Waals surface area (Å²) in [5.74, 6) is 2.46. The third-order valence-electron chi connectivity index (χ3n) is 4.50. The van der Waals surface area contributed by atoms with E-state index < -0.39 is 10.0 Å². The summed E-state index contributed by atoms with van der Waals surface area (Å²) in [6, 6.07) is 12.0. The number of hydrogen-bond donors (Lipinski definition) is 3. The largest absolute Gasteiger partial charge is 0.486 e. The number of hydrogen-bond acceptors (Lipinski definition) is 8. The number of ether oxygens (including phenoxy) is 2. The minimum absolute atomic E-state index is 0.0950. The van der Waals surface area contributed by atoms with Gasteiger partial charge in [-0.05, 0) is 52.2 Å². The van der Waals surface area contributed by atoms with E-state index in [4.69, 9.17) is 14.6 Å². The maximum atomic E-state index is 11.3. The first kappa shape index (κ1) is 21.3. The number of halogens is 1. The quantitative estimate of drug-likeness (QED) is 0.446. The summed E-state index contributed by atoms with van der Waals surface area (Å²) >= 11 is 3.45. The highest BCUT2D eigenvalue weighted by Crippen LogP contribution is 2.33. The molecule has 31 heavy (non-hydrogen) atoms. The fraction of sp³-hybridized carbons (Fsp3) is 0.200. The van der Waals surface area contributed by atoms with Crippen molar-refractivity contribution >= 4 is 43.4 Å². The van der Waals surface area contributed by atoms with Crippen molar-refractivity contribution in [2.75, 3.05) is 30.4 Å². The normalized spacial score (nSPS) is 13.0. The van der Waals surface area contributed by atoms with Crippen LogP contribution in [0.4, 0.5) is 17.5 Å². The lowest BCUT2D eigenvalue weighted by molar-refractivity contribution is 0.171. The zero-order valence-electron chi connectivity index (χ0n) is 16.3. The van der Waals surface area contributed by atoms with Gasteiger partial charge < -0.3 is 20.1 Å². The van der Waals surface area contributed by atoms with Gasteiger partial charge in [-0.1, -0.05) is 12.1 Å². The molecule has 0 unspecified atom stereocenters. The van der Waals surface area contributed by atoms with Crippen molar-refractivity contribution in [2.24, 2.45) is 5.14 Å². The van der Waals surface area contributed by atoms with Crippen LogP contribution in [-0.4, -0.2) is 38.1 Å². The first-order valence-corrected chi connectivity index (χ1v) is 11.8. The van der Waals surface area contributed by atoms with Gasteiger partial charge in [0.15, 0.2) is 11.5 Å². The minimum Gasteiger partial charge on any atom is -0.486 e. The number of aromatic nitrogens is 2. The molecule has 1 aliphatic heterocycles. The molecule has 11 heteroatoms. The van der Waals surface area contributed by atoms with Gasteiger partial charge in [-0.15, -0.1) is 0 Å². The van der Waals surface area contributed by atoms with Crippen LogP contribution < -0.4 is 25.2 Å². The Balaban J connectivity index is 1.39. The molecular weight excluding hydrogens is 486 g/mol. The molecule has 0 atom stereocenters. The third-order valence-corrected chi connectivity index (χ3v) is 6.01. The number of nitrogens with zero attached hydrogens (tertiary/aromatic N) is 2. The molecule has 0 bridgehead atoms. The van der Waals surface area contributed by atoms with Crippen LogP contribution in [0.25, 0.3) is 0 Å². The Kier molecular flexibility index (Phi) is 6.25. The summed E-state index contributed by atoms with van der Waals surface area (Å²) in [7, 11) is -3.69. The van der Waals surface area contributed by atoms with Crippen LogP contribution >= 0.6 is 15.9 Å². The smallest absolute Gasteiger partial charge is 0.238 e. The Morgan fingerprint density at radius 3 is 2.55 bits per heavy atom. The lowest BCUT2D eigenvalue weighted by Gasteiger charge is -2.19. The SMILES string of the molecule is NS(=O)(=O)c1ccc(CCNc2nc(Nc3ccc4c(c3)OCCO4)ncc2Br)cc1. The van der Waals surface area contributed by atoms with E-state index in [0.717, 1.165) is 15.7 Å². The van der Waals surface area contributed by atoms with E-state index in [1.54, 1.807) is 18.3 Å². The molecule has 0 spiro atoms. The van der Waals surface area contributed by atoms with Crippen LogP contribution in [0, 0.1) is 0 Å². The molecule has 4 rings (SSSR count). The van der Waals surface area contributed by atoms with Gasteiger partial charge in [0.2, 0.25) is 16.0 Å². The molecule has 0 saturated carbocycles. The summed E-state index contributed by atoms with van der Waals surface area (Å²) in [6.07, 6.45) is 2.34. The van der Waals surface area contributed by atoms with E-state index in [2.05, 4.69) is 36.5 Å². The number of nitrogens with two attached hydrogens (primary N) is 1. The molecule has 9 nitrogen and oxygen atoms in total. The van der Waals surface area contributed by atoms with E-state index in [9.17, 15) is 8.42 Å². The molecule has 4 N–H and O–H groups in total. The molecule has 3 aromatic rings. The second kappa shape index (κ2) is 9.08. The fourth-order valence-electron chi connectivity index (χ4n) is 2.97. The summed E-state index contributed by atoms with van der Waals surface area (Å²) in [5, 5.41) is 11.5. The number of rotatable bonds is 7. The Hall–Kier alpha value is -2.89. The average molecular weight is 506 g/mol. The molecule has 1 aromatic heterocycles. The lowest BCUT2D eigenvalue weighted by atomic mass is 10.1. The van der Waals surface area contributed by atoms with E-state index >= 15 is 0 Å². The van der Waals surface area contributed by atoms with Crippen molar-refractivity contribution in [1.82, 2.24) is 9.97 Å². The third kappa shape index (κ3) is 5.43. The number of sulfonamides is 1. The Morgan fingerprint density at radius 2 is 1.81 bits per heavy atom. The molecule has 0 amide bonds. The summed E-state index contributed by atoms with van der Waals surface area (Å²) < 4.78 is 34.5. The second-order valence-corrected chi connectivity index (χ2v) is 9.16. The van der Waals surface area contributed by atoms with Crippen LogP contribution in [0.3, 0.4) is 0 Å². The standard InChI is InChI=1S/C20H20BrN5O4S/c21-16-12-24-20(25-14-3-6-17-18(11-14)30-10-9-29-17)26-19(16)23-8-7-13-1-4-15(5-2-13)31(22,27)28/h1-6,11-12H,7-10H2,(H2,22,27,28)(H2,23,24,25,26). The highest BCUT2D eigenvalue weighted by atomic mass is 79.9. The first-order chi connectivity index (χ1) is 14.9. The molecule has 0 aliphatic carbocycles. The van der Waals surface area contributed by atoms with E-state index in [1.807, 2.05) is 18.2 Å². The van der Waals surface area contributed by atoms with Crippen molar-refractivity contribution < 1.29 is 17.9 Å². The molecule has 2 heterocycles. The highest BCUT2D eigenvalue weighted by molar-refractivity contribution is 9.10. The van der Waals surface area contributed by atoms with Crippen LogP contribution in [0.2, 0.25) is 0 Å². The van der Waals surface area contributed by atoms with Crippen molar-refractivity contribution in [1.29, 1.82) is 0 Å². The van der Waals surface area contributed by atoms with Gasteiger partial charge in [-0.3, -0.25) is 0 Å². The Bertz CT molecular complexity index is 1190. The molecule has 2 aromatic carbocycles. The number of nitrogens with one attached hydrogen (secondary N) is 2. The van der Waals surface area contributed by atoms with Gasteiger partial charge in [-0.25, -0.2) is 18.5 Å². The van der Waals surface area contributed by atoms with Crippen molar-refractivity contribution in [3.8, 4) is 11.5 Å². The van der Waals surface area contributed by atoms with Crippen LogP contribution in [0.15, 0.2) is 58.0 Å². The number of fused-ring (bicyclic) bond motifs is 1. The highest BCUT2D eigenvalue weighted by Gasteiger charge is 2.13. The summed E-state index contributed by atoms with van der Waals surface area (Å²) in [6.45, 7) is 1.65. The lowest BCUT2D eigenvalue weighted by Crippen LogP contribution is -2.15. The summed E-state index contributed by atoms with van der Waals surface area (Å²) in [4.78, 5) is 8.90. The van der Waals surface area contributed by atoms with Gasteiger partial charge in [0, 0.05) is 24.5 Å². The van der Waals surface area contributed by atoms with Crippen LogP contribution in [0.5, 0.6) is 11.5 Å². The number of anilines is 3. The van der Waals surface area contributed by atoms with Gasteiger partial charge in [0.05, 0.1) is 9.37 Å². The number of primary sulfonamides is 1. The minimum atomic E-state index is -3.69. The average Bonchev–Trinajstić information content (AvgIpc) is 2.75. The van der Waals surface area contributed by atoms with E-state index in [0.29, 0.717) is 49.4 Å². The van der Waals surface area contributed by atoms with Crippen molar-refractivity contribution in [3.63, 3.8) is 0 Å².